The molecular weight excluding hydrogens is 1020 g/mol. The van der Waals surface area contributed by atoms with Crippen molar-refractivity contribution in [2.45, 2.75) is 225 Å². The molecule has 0 radical (unpaired) electrons. The van der Waals surface area contributed by atoms with Crippen molar-refractivity contribution in [1.82, 2.24) is 0 Å². The van der Waals surface area contributed by atoms with Gasteiger partial charge in [-0.1, -0.05) is 204 Å². The number of aliphatic hydroxyl groups is 2. The van der Waals surface area contributed by atoms with Crippen LogP contribution in [0.5, 0.6) is 0 Å². The van der Waals surface area contributed by atoms with Gasteiger partial charge in [0.1, 0.15) is 18.8 Å². The van der Waals surface area contributed by atoms with Crippen molar-refractivity contribution in [1.29, 1.82) is 0 Å². The molecule has 3 N–H and O–H groups in total. The second-order valence-corrected chi connectivity index (χ2v) is 19.5. The number of unbranched alkanes of at least 4 members (excludes halogenated alkanes) is 6. The van der Waals surface area contributed by atoms with Gasteiger partial charge in [-0.05, 0) is 135 Å². The van der Waals surface area contributed by atoms with Crippen LogP contribution in [0.15, 0.2) is 170 Å². The molecule has 12 nitrogen and oxygen atoms in total. The molecule has 1 aliphatic rings. The van der Waals surface area contributed by atoms with Gasteiger partial charge >= 0.3 is 23.9 Å². The second-order valence-electron chi connectivity index (χ2n) is 19.5. The highest BCUT2D eigenvalue weighted by molar-refractivity contribution is 5.74. The molecule has 6 unspecified atom stereocenters. The van der Waals surface area contributed by atoms with Gasteiger partial charge in [0.15, 0.2) is 24.6 Å². The number of carbonyl (C=O) groups is 4. The lowest BCUT2D eigenvalue weighted by atomic mass is 9.98. The highest BCUT2D eigenvalue weighted by Crippen LogP contribution is 2.26. The monoisotopic (exact) mass is 1120 g/mol. The Hall–Kier alpha value is -5.92. The molecule has 0 saturated carbocycles. The first-order chi connectivity index (χ1) is 39.6. The first-order valence-corrected chi connectivity index (χ1v) is 30.1. The van der Waals surface area contributed by atoms with E-state index in [1.54, 1.807) is 0 Å². The Bertz CT molecular complexity index is 2060. The summed E-state index contributed by atoms with van der Waals surface area (Å²) in [5.41, 5.74) is 0. The van der Waals surface area contributed by atoms with E-state index in [-0.39, 0.29) is 25.9 Å². The third-order valence-corrected chi connectivity index (χ3v) is 12.3. The molecule has 1 heterocycles. The number of hydrogen-bond acceptors (Lipinski definition) is 11. The molecule has 0 aliphatic carbocycles. The topological polar surface area (TPSA) is 175 Å². The van der Waals surface area contributed by atoms with Gasteiger partial charge < -0.3 is 39.0 Å². The normalized spacial score (nSPS) is 19.0. The summed E-state index contributed by atoms with van der Waals surface area (Å²) in [6.07, 6.45) is 69.0. The minimum absolute atomic E-state index is 0.00918. The summed E-state index contributed by atoms with van der Waals surface area (Å²) in [5.74, 6) is -3.35. The average Bonchev–Trinajstić information content (AvgIpc) is 3.53. The molecule has 0 spiro atoms. The molecule has 0 amide bonds. The third-order valence-electron chi connectivity index (χ3n) is 12.3. The maximum absolute atomic E-state index is 13.1. The number of esters is 3. The van der Waals surface area contributed by atoms with Gasteiger partial charge in [-0.2, -0.15) is 0 Å². The standard InChI is InChI=1S/C69H102O12/c1-4-7-10-13-16-19-22-25-28-31-34-37-40-43-46-49-52-55-61(70)77-58-60(79-62(71)56-53-50-47-44-41-38-35-32-29-26-23-20-17-14-11-8-5-2)59-78-69-67(65(74)64(73)66(81-69)68(75)76)80-63(72)57-54-51-48-45-42-39-36-33-30-27-24-21-18-15-12-9-6-3/h7-12,16-21,25-30,34-39,43-44,46-47,60,64-67,69,73-74H,4-6,13-15,22-24,31-33,40-42,45,48-59H2,1-3H3,(H,75,76)/b10-7-,11-8-,12-9-,19-16-,20-17-,21-18-,28-25-,29-26-,30-27-,37-34-,38-35-,39-36-,46-43-,47-44-. The fourth-order valence-corrected chi connectivity index (χ4v) is 7.78. The van der Waals surface area contributed by atoms with Crippen LogP contribution in [0.4, 0.5) is 0 Å². The number of allylic oxidation sites excluding steroid dienone is 28. The Morgan fingerprint density at radius 1 is 0.407 bits per heavy atom. The minimum atomic E-state index is -1.94. The Morgan fingerprint density at radius 2 is 0.753 bits per heavy atom. The molecule has 12 heteroatoms. The van der Waals surface area contributed by atoms with Crippen molar-refractivity contribution in [2.75, 3.05) is 13.2 Å². The Balaban J connectivity index is 2.80. The van der Waals surface area contributed by atoms with Crippen molar-refractivity contribution in [3.63, 3.8) is 0 Å². The van der Waals surface area contributed by atoms with E-state index in [0.717, 1.165) is 116 Å². The molecular formula is C69H102O12. The zero-order chi connectivity index (χ0) is 58.9. The molecule has 1 fully saturated rings. The van der Waals surface area contributed by atoms with Crippen LogP contribution in [0, 0.1) is 0 Å². The van der Waals surface area contributed by atoms with Gasteiger partial charge in [0.25, 0.3) is 0 Å². The average molecular weight is 1120 g/mol. The van der Waals surface area contributed by atoms with Gasteiger partial charge in [0, 0.05) is 19.3 Å². The Labute approximate surface area is 487 Å². The second kappa shape index (κ2) is 54.7. The smallest absolute Gasteiger partial charge is 0.335 e. The van der Waals surface area contributed by atoms with Crippen LogP contribution in [0.2, 0.25) is 0 Å². The summed E-state index contributed by atoms with van der Waals surface area (Å²) in [4.78, 5) is 51.2. The lowest BCUT2D eigenvalue weighted by Crippen LogP contribution is -2.61. The molecule has 1 saturated heterocycles. The van der Waals surface area contributed by atoms with Crippen molar-refractivity contribution in [2.24, 2.45) is 0 Å². The van der Waals surface area contributed by atoms with Crippen LogP contribution in [-0.4, -0.2) is 89.2 Å². The maximum atomic E-state index is 13.1. The Morgan fingerprint density at radius 3 is 1.15 bits per heavy atom. The van der Waals surface area contributed by atoms with E-state index in [2.05, 4.69) is 167 Å². The highest BCUT2D eigenvalue weighted by atomic mass is 16.7. The van der Waals surface area contributed by atoms with Crippen LogP contribution >= 0.6 is 0 Å². The Kier molecular flexibility index (Phi) is 49.3. The van der Waals surface area contributed by atoms with E-state index >= 15 is 0 Å². The summed E-state index contributed by atoms with van der Waals surface area (Å²) in [7, 11) is 0. The number of carbonyl (C=O) groups excluding carboxylic acids is 3. The lowest BCUT2D eigenvalue weighted by Gasteiger charge is -2.40. The van der Waals surface area contributed by atoms with Crippen LogP contribution < -0.4 is 0 Å². The van der Waals surface area contributed by atoms with E-state index in [0.29, 0.717) is 32.1 Å². The molecule has 0 bridgehead atoms. The molecule has 0 aromatic carbocycles. The quantitative estimate of drug-likeness (QED) is 0.0228. The predicted octanol–water partition coefficient (Wildman–Crippen LogP) is 15.9. The maximum Gasteiger partial charge on any atom is 0.335 e. The number of aliphatic carboxylic acids is 1. The van der Waals surface area contributed by atoms with Crippen LogP contribution in [-0.2, 0) is 42.9 Å². The van der Waals surface area contributed by atoms with Crippen molar-refractivity contribution in [3.8, 4) is 0 Å². The zero-order valence-corrected chi connectivity index (χ0v) is 49.4. The molecule has 81 heavy (non-hydrogen) atoms. The zero-order valence-electron chi connectivity index (χ0n) is 49.4. The number of carboxylic acid groups (broad SMARTS) is 1. The van der Waals surface area contributed by atoms with E-state index < -0.39 is 67.3 Å². The number of rotatable bonds is 48. The van der Waals surface area contributed by atoms with Crippen LogP contribution in [0.25, 0.3) is 0 Å². The van der Waals surface area contributed by atoms with Gasteiger partial charge in [-0.15, -0.1) is 0 Å². The number of ether oxygens (including phenoxy) is 5. The molecule has 0 aromatic heterocycles. The van der Waals surface area contributed by atoms with Crippen molar-refractivity contribution in [3.05, 3.63) is 170 Å². The molecule has 450 valence electrons. The fourth-order valence-electron chi connectivity index (χ4n) is 7.78. The molecule has 6 atom stereocenters. The summed E-state index contributed by atoms with van der Waals surface area (Å²) in [6, 6.07) is 0. The number of aliphatic hydroxyl groups excluding tert-OH is 2. The highest BCUT2D eigenvalue weighted by Gasteiger charge is 2.50. The van der Waals surface area contributed by atoms with E-state index in [9.17, 15) is 34.5 Å². The summed E-state index contributed by atoms with van der Waals surface area (Å²) >= 11 is 0. The van der Waals surface area contributed by atoms with Gasteiger partial charge in [0.2, 0.25) is 0 Å². The van der Waals surface area contributed by atoms with Crippen LogP contribution in [0.1, 0.15) is 188 Å². The first-order valence-electron chi connectivity index (χ1n) is 30.1. The summed E-state index contributed by atoms with van der Waals surface area (Å²) in [6.45, 7) is 5.52. The van der Waals surface area contributed by atoms with E-state index in [4.69, 9.17) is 23.7 Å². The molecule has 0 aromatic rings. The molecule has 1 rings (SSSR count). The van der Waals surface area contributed by atoms with E-state index in [1.165, 1.54) is 0 Å². The van der Waals surface area contributed by atoms with Crippen molar-refractivity contribution < 1.29 is 58.2 Å². The van der Waals surface area contributed by atoms with Gasteiger partial charge in [-0.25, -0.2) is 4.79 Å². The summed E-state index contributed by atoms with van der Waals surface area (Å²) < 4.78 is 28.3. The van der Waals surface area contributed by atoms with E-state index in [1.807, 2.05) is 24.3 Å². The fraction of sp³-hybridized carbons (Fsp3) is 0.536. The van der Waals surface area contributed by atoms with Crippen LogP contribution in [0.3, 0.4) is 0 Å². The number of carboxylic acids is 1. The summed E-state index contributed by atoms with van der Waals surface area (Å²) in [5, 5.41) is 31.5. The minimum Gasteiger partial charge on any atom is -0.479 e. The largest absolute Gasteiger partial charge is 0.479 e. The third kappa shape index (κ3) is 44.4. The van der Waals surface area contributed by atoms with Gasteiger partial charge in [0.05, 0.1) is 6.61 Å². The first kappa shape index (κ1) is 73.1. The van der Waals surface area contributed by atoms with Gasteiger partial charge in [-0.3, -0.25) is 14.4 Å². The molecule has 1 aliphatic heterocycles. The predicted molar refractivity (Wildman–Crippen MR) is 330 cm³/mol. The number of hydrogen-bond donors (Lipinski definition) is 3. The SMILES string of the molecule is CC/C=C\C/C=C\C/C=C\C/C=C\C/C=C\CCCC(=O)OCC(COC1OC(C(=O)O)C(O)C(O)C1OC(=O)CCCCCC/C=C\C/C=C\C/C=C\C/C=C\CC)OC(=O)CCC/C=C\C/C=C\C/C=C\C/C=C\C/C=C\CC. The van der Waals surface area contributed by atoms with Crippen molar-refractivity contribution >= 4 is 23.9 Å². The lowest BCUT2D eigenvalue weighted by molar-refractivity contribution is -0.301.